The summed E-state index contributed by atoms with van der Waals surface area (Å²) in [6.45, 7) is 0. The third-order valence-electron chi connectivity index (χ3n) is 1.65. The fraction of sp³-hybridized carbons (Fsp3) is 0.375. The van der Waals surface area contributed by atoms with Crippen molar-refractivity contribution in [3.8, 4) is 0 Å². The van der Waals surface area contributed by atoms with Crippen LogP contribution in [0.4, 0.5) is 9.80 Å². The summed E-state index contributed by atoms with van der Waals surface area (Å²) >= 11 is 0.978. The molecule has 0 bridgehead atoms. The van der Waals surface area contributed by atoms with E-state index in [2.05, 4.69) is 20.2 Å². The van der Waals surface area contributed by atoms with E-state index in [-0.39, 0.29) is 19.3 Å². The summed E-state index contributed by atoms with van der Waals surface area (Å²) < 4.78 is 3.52. The third kappa shape index (κ3) is 5.56. The van der Waals surface area contributed by atoms with Gasteiger partial charge in [-0.25, -0.2) is 4.79 Å². The smallest absolute Gasteiger partial charge is 0.326 e. The predicted molar refractivity (Wildman–Crippen MR) is 58.6 cm³/mol. The summed E-state index contributed by atoms with van der Waals surface area (Å²) in [6.07, 6.45) is 1.42. The van der Waals surface area contributed by atoms with Gasteiger partial charge in [0, 0.05) is 24.4 Å². The molecule has 92 valence electrons. The van der Waals surface area contributed by atoms with Crippen LogP contribution in [0.3, 0.4) is 0 Å². The number of nitrogens with zero attached hydrogens (tertiary/aromatic N) is 2. The number of rotatable bonds is 5. The van der Waals surface area contributed by atoms with Gasteiger partial charge in [-0.1, -0.05) is 4.49 Å². The largest absolute Gasteiger partial charge is 0.481 e. The zero-order valence-corrected chi connectivity index (χ0v) is 9.49. The molecule has 3 N–H and O–H groups in total. The molecular weight excluding hydrogens is 248 g/mol. The molecule has 0 saturated carbocycles. The third-order valence-corrected chi connectivity index (χ3v) is 2.23. The number of carboxylic acid groups (broad SMARTS) is 1. The molecule has 0 atom stereocenters. The monoisotopic (exact) mass is 258 g/mol. The van der Waals surface area contributed by atoms with Crippen molar-refractivity contribution in [3.05, 3.63) is 6.20 Å². The topological polar surface area (TPSA) is 121 Å². The molecule has 1 aromatic heterocycles. The first-order valence-electron chi connectivity index (χ1n) is 4.68. The number of urea groups is 1. The number of aromatic nitrogens is 2. The SMILES string of the molecule is O=C(O)CCCC(=O)NC(=O)Nc1cnns1. The second kappa shape index (κ2) is 6.53. The highest BCUT2D eigenvalue weighted by molar-refractivity contribution is 7.10. The Labute approximate surface area is 100 Å². The molecule has 1 aromatic rings. The second-order valence-electron chi connectivity index (χ2n) is 3.03. The van der Waals surface area contributed by atoms with Crippen molar-refractivity contribution < 1.29 is 19.5 Å². The van der Waals surface area contributed by atoms with Crippen LogP contribution in [0, 0.1) is 0 Å². The van der Waals surface area contributed by atoms with E-state index in [9.17, 15) is 14.4 Å². The van der Waals surface area contributed by atoms with Gasteiger partial charge in [-0.3, -0.25) is 20.2 Å². The van der Waals surface area contributed by atoms with Crippen molar-refractivity contribution in [1.82, 2.24) is 14.9 Å². The molecule has 3 amide bonds. The number of nitrogens with one attached hydrogen (secondary N) is 2. The number of imide groups is 1. The number of carboxylic acids is 1. The Kier molecular flexibility index (Phi) is 5.01. The number of amides is 3. The number of anilines is 1. The lowest BCUT2D eigenvalue weighted by Gasteiger charge is -2.03. The summed E-state index contributed by atoms with van der Waals surface area (Å²) in [5.41, 5.74) is 0. The quantitative estimate of drug-likeness (QED) is 0.704. The molecule has 8 nitrogen and oxygen atoms in total. The summed E-state index contributed by atoms with van der Waals surface area (Å²) in [6, 6.07) is -0.684. The lowest BCUT2D eigenvalue weighted by Crippen LogP contribution is -2.33. The van der Waals surface area contributed by atoms with E-state index in [1.807, 2.05) is 0 Å². The van der Waals surface area contributed by atoms with Crippen LogP contribution in [0.5, 0.6) is 0 Å². The zero-order chi connectivity index (χ0) is 12.7. The van der Waals surface area contributed by atoms with Crippen molar-refractivity contribution in [2.75, 3.05) is 5.32 Å². The second-order valence-corrected chi connectivity index (χ2v) is 3.82. The molecule has 0 radical (unpaired) electrons. The van der Waals surface area contributed by atoms with Crippen LogP contribution in [0.2, 0.25) is 0 Å². The van der Waals surface area contributed by atoms with Crippen LogP contribution in [0.1, 0.15) is 19.3 Å². The number of hydrogen-bond donors (Lipinski definition) is 3. The van der Waals surface area contributed by atoms with E-state index in [0.29, 0.717) is 5.00 Å². The Balaban J connectivity index is 2.22. The highest BCUT2D eigenvalue weighted by Gasteiger charge is 2.09. The van der Waals surface area contributed by atoms with E-state index >= 15 is 0 Å². The molecule has 0 saturated heterocycles. The molecule has 0 aliphatic carbocycles. The predicted octanol–water partition coefficient (Wildman–Crippen LogP) is 0.441. The van der Waals surface area contributed by atoms with Crippen LogP contribution >= 0.6 is 11.5 Å². The Bertz CT molecular complexity index is 406. The summed E-state index contributed by atoms with van der Waals surface area (Å²) in [7, 11) is 0. The minimum atomic E-state index is -0.974. The lowest BCUT2D eigenvalue weighted by atomic mass is 10.2. The Morgan fingerprint density at radius 3 is 2.71 bits per heavy atom. The van der Waals surface area contributed by atoms with Gasteiger partial charge < -0.3 is 5.11 Å². The van der Waals surface area contributed by atoms with Crippen molar-refractivity contribution in [3.63, 3.8) is 0 Å². The van der Waals surface area contributed by atoms with Crippen LogP contribution in [0.15, 0.2) is 6.20 Å². The van der Waals surface area contributed by atoms with E-state index < -0.39 is 17.9 Å². The summed E-state index contributed by atoms with van der Waals surface area (Å²) in [5, 5.41) is 16.7. The molecule has 17 heavy (non-hydrogen) atoms. The molecule has 0 aromatic carbocycles. The standard InChI is InChI=1S/C8H10N4O4S/c13-5(2-1-3-7(14)15)10-8(16)11-6-4-9-12-17-6/h4H,1-3H2,(H,14,15)(H2,10,11,13,16). The summed E-state index contributed by atoms with van der Waals surface area (Å²) in [4.78, 5) is 32.6. The zero-order valence-electron chi connectivity index (χ0n) is 8.67. The molecule has 0 fully saturated rings. The van der Waals surface area contributed by atoms with Crippen molar-refractivity contribution >= 4 is 34.4 Å². The van der Waals surface area contributed by atoms with E-state index in [1.54, 1.807) is 0 Å². The maximum absolute atomic E-state index is 11.2. The van der Waals surface area contributed by atoms with Crippen molar-refractivity contribution in [1.29, 1.82) is 0 Å². The first-order valence-corrected chi connectivity index (χ1v) is 5.45. The maximum atomic E-state index is 11.2. The first-order chi connectivity index (χ1) is 8.08. The fourth-order valence-electron chi connectivity index (χ4n) is 0.955. The normalized spacial score (nSPS) is 9.65. The van der Waals surface area contributed by atoms with E-state index in [4.69, 9.17) is 5.11 Å². The molecule has 0 unspecified atom stereocenters. The van der Waals surface area contributed by atoms with Crippen LogP contribution in [-0.2, 0) is 9.59 Å². The van der Waals surface area contributed by atoms with E-state index in [1.165, 1.54) is 6.20 Å². The molecule has 1 rings (SSSR count). The highest BCUT2D eigenvalue weighted by Crippen LogP contribution is 2.08. The average molecular weight is 258 g/mol. The van der Waals surface area contributed by atoms with Crippen LogP contribution in [-0.4, -0.2) is 32.6 Å². The number of carbonyl (C=O) groups is 3. The number of aliphatic carboxylic acids is 1. The fourth-order valence-corrected chi connectivity index (χ4v) is 1.37. The highest BCUT2D eigenvalue weighted by atomic mass is 32.1. The van der Waals surface area contributed by atoms with Crippen molar-refractivity contribution in [2.45, 2.75) is 19.3 Å². The number of carbonyl (C=O) groups excluding carboxylic acids is 2. The van der Waals surface area contributed by atoms with Gasteiger partial charge in [0.1, 0.15) is 5.00 Å². The minimum absolute atomic E-state index is 0.0132. The van der Waals surface area contributed by atoms with Gasteiger partial charge in [-0.05, 0) is 6.42 Å². The molecule has 0 aliphatic rings. The van der Waals surface area contributed by atoms with Gasteiger partial charge in [0.25, 0.3) is 0 Å². The summed E-state index contributed by atoms with van der Waals surface area (Å²) in [5.74, 6) is -1.50. The van der Waals surface area contributed by atoms with Crippen LogP contribution in [0.25, 0.3) is 0 Å². The molecule has 1 heterocycles. The molecule has 0 aliphatic heterocycles. The van der Waals surface area contributed by atoms with E-state index in [0.717, 1.165) is 11.5 Å². The molecule has 0 spiro atoms. The van der Waals surface area contributed by atoms with Crippen LogP contribution < -0.4 is 10.6 Å². The van der Waals surface area contributed by atoms with Gasteiger partial charge in [0.05, 0.1) is 6.20 Å². The molecule has 9 heteroatoms. The number of hydrogen-bond acceptors (Lipinski definition) is 6. The Morgan fingerprint density at radius 2 is 2.12 bits per heavy atom. The molecular formula is C8H10N4O4S. The van der Waals surface area contributed by atoms with Gasteiger partial charge in [0.2, 0.25) is 5.91 Å². The van der Waals surface area contributed by atoms with Gasteiger partial charge in [-0.15, -0.1) is 5.10 Å². The van der Waals surface area contributed by atoms with Gasteiger partial charge >= 0.3 is 12.0 Å². The first kappa shape index (κ1) is 13.0. The lowest BCUT2D eigenvalue weighted by molar-refractivity contribution is -0.137. The van der Waals surface area contributed by atoms with Crippen molar-refractivity contribution in [2.24, 2.45) is 0 Å². The Hall–Kier alpha value is -2.03. The minimum Gasteiger partial charge on any atom is -0.481 e. The average Bonchev–Trinajstić information content (AvgIpc) is 2.69. The Morgan fingerprint density at radius 1 is 1.35 bits per heavy atom. The van der Waals surface area contributed by atoms with Gasteiger partial charge in [-0.2, -0.15) is 0 Å². The maximum Gasteiger partial charge on any atom is 0.326 e. The van der Waals surface area contributed by atoms with Gasteiger partial charge in [0.15, 0.2) is 0 Å².